The van der Waals surface area contributed by atoms with E-state index in [1.807, 2.05) is 94.1 Å². The SMILES string of the molecule is CC\C=C/C=C/C=C/C=C\C=C\C=C\CCCCCC(=O)NC(COP(=O)(O)OCC[N+](C)(C)C)C(/C=C/CCCCCCCCCCCCC)OC(=O)CCCCCCC/C=C\C/C=C\C/C=C\C/C=C\C/C=C\CC. The molecule has 0 heterocycles. The Hall–Kier alpha value is -4.11. The second-order valence-electron chi connectivity index (χ2n) is 20.9. The molecule has 77 heavy (non-hydrogen) atoms. The fraction of sp³-hybridized carbons (Fsp3) is 0.612. The van der Waals surface area contributed by atoms with E-state index in [-0.39, 0.29) is 37.9 Å². The van der Waals surface area contributed by atoms with Crippen LogP contribution in [0, 0.1) is 0 Å². The number of quaternary nitrogens is 1. The Morgan fingerprint density at radius 3 is 1.42 bits per heavy atom. The Kier molecular flexibility index (Phi) is 52.3. The molecule has 0 radical (unpaired) electrons. The number of nitrogens with one attached hydrogen (secondary N) is 1. The number of amides is 1. The molecule has 3 atom stereocenters. The lowest BCUT2D eigenvalue weighted by Crippen LogP contribution is -2.47. The first-order valence-corrected chi connectivity index (χ1v) is 31.7. The van der Waals surface area contributed by atoms with Gasteiger partial charge in [0.05, 0.1) is 33.8 Å². The first-order chi connectivity index (χ1) is 37.4. The zero-order valence-electron chi connectivity index (χ0n) is 49.6. The highest BCUT2D eigenvalue weighted by Crippen LogP contribution is 2.43. The molecule has 0 aromatic heterocycles. The number of likely N-dealkylation sites (N-methyl/N-ethyl adjacent to an activating group) is 1. The minimum atomic E-state index is -4.48. The number of nitrogens with zero attached hydrogens (tertiary/aromatic N) is 1. The number of unbranched alkanes of at least 4 members (excludes halogenated alkanes) is 19. The molecule has 0 aliphatic heterocycles. The summed E-state index contributed by atoms with van der Waals surface area (Å²) in [5.74, 6) is -0.591. The molecule has 0 rings (SSSR count). The summed E-state index contributed by atoms with van der Waals surface area (Å²) in [5.41, 5.74) is 0. The van der Waals surface area contributed by atoms with E-state index in [0.29, 0.717) is 23.9 Å². The molecule has 0 saturated carbocycles. The van der Waals surface area contributed by atoms with Gasteiger partial charge in [0.1, 0.15) is 19.3 Å². The van der Waals surface area contributed by atoms with Gasteiger partial charge < -0.3 is 19.4 Å². The summed E-state index contributed by atoms with van der Waals surface area (Å²) in [7, 11) is 1.43. The van der Waals surface area contributed by atoms with Crippen LogP contribution in [0.1, 0.15) is 213 Å². The third kappa shape index (κ3) is 56.4. The molecule has 0 aliphatic rings. The summed E-state index contributed by atoms with van der Waals surface area (Å²) >= 11 is 0. The van der Waals surface area contributed by atoms with Gasteiger partial charge in [0.25, 0.3) is 0 Å². The van der Waals surface area contributed by atoms with E-state index >= 15 is 0 Å². The number of hydrogen-bond acceptors (Lipinski definition) is 6. The molecule has 1 amide bonds. The van der Waals surface area contributed by atoms with Gasteiger partial charge in [0, 0.05) is 12.8 Å². The second kappa shape index (κ2) is 55.2. The topological polar surface area (TPSA) is 111 Å². The van der Waals surface area contributed by atoms with Crippen molar-refractivity contribution in [3.05, 3.63) is 146 Å². The van der Waals surface area contributed by atoms with Crippen LogP contribution in [-0.2, 0) is 27.9 Å². The molecule has 0 aromatic rings. The number of hydrogen-bond donors (Lipinski definition) is 2. The standard InChI is InChI=1S/C67H111N2O7P/c1-7-10-13-16-19-22-25-28-30-32-33-34-35-37-39-42-45-48-51-54-57-60-67(71)76-65(58-55-52-49-46-43-40-27-24-21-18-15-12-9-3)64(63-75-77(72,73)74-62-61-69(4,5)6)68-66(70)59-56-53-50-47-44-41-38-36-31-29-26-23-20-17-14-11-8-2/h10-11,13-14,17,19-20,22-23,26,28-31,33-34,36-39,41,44,55,58,64-65H,7-9,12,15-16,18,21,24-25,27,32,35,40,42-43,45-54,56-57,59-63H2,1-6H3,(H-,68,70,72,73)/p+1/b13-10-,14-11-,20-17+,22-19-,26-23+,30-28-,31-29-,34-33-,38-36+,39-37-,44-41+,58-55+. The van der Waals surface area contributed by atoms with Gasteiger partial charge in [-0.3, -0.25) is 18.6 Å². The lowest BCUT2D eigenvalue weighted by Gasteiger charge is -2.27. The Balaban J connectivity index is 5.45. The van der Waals surface area contributed by atoms with Crippen molar-refractivity contribution in [3.63, 3.8) is 0 Å². The highest BCUT2D eigenvalue weighted by molar-refractivity contribution is 7.47. The van der Waals surface area contributed by atoms with Crippen molar-refractivity contribution >= 4 is 19.7 Å². The van der Waals surface area contributed by atoms with Gasteiger partial charge in [-0.05, 0) is 96.0 Å². The summed E-state index contributed by atoms with van der Waals surface area (Å²) < 4.78 is 30.6. The minimum absolute atomic E-state index is 0.0186. The number of rotatable bonds is 52. The fourth-order valence-corrected chi connectivity index (χ4v) is 8.56. The summed E-state index contributed by atoms with van der Waals surface area (Å²) in [4.78, 5) is 37.7. The number of phosphoric ester groups is 1. The van der Waals surface area contributed by atoms with E-state index in [0.717, 1.165) is 109 Å². The molecule has 2 N–H and O–H groups in total. The number of allylic oxidation sites excluding steroid dienone is 23. The quantitative estimate of drug-likeness (QED) is 0.0156. The zero-order chi connectivity index (χ0) is 56.4. The van der Waals surface area contributed by atoms with Gasteiger partial charge in [0.15, 0.2) is 0 Å². The molecule has 0 fully saturated rings. The van der Waals surface area contributed by atoms with Crippen LogP contribution in [0.2, 0.25) is 0 Å². The maximum atomic E-state index is 13.5. The van der Waals surface area contributed by atoms with Crippen molar-refractivity contribution in [2.45, 2.75) is 226 Å². The van der Waals surface area contributed by atoms with Crippen molar-refractivity contribution in [1.82, 2.24) is 5.32 Å². The van der Waals surface area contributed by atoms with Gasteiger partial charge in [-0.15, -0.1) is 0 Å². The van der Waals surface area contributed by atoms with Crippen molar-refractivity contribution in [3.8, 4) is 0 Å². The lowest BCUT2D eigenvalue weighted by atomic mass is 10.0. The van der Waals surface area contributed by atoms with Gasteiger partial charge in [0.2, 0.25) is 5.91 Å². The molecule has 0 saturated heterocycles. The molecular formula is C67H112N2O7P+. The fourth-order valence-electron chi connectivity index (χ4n) is 7.82. The number of phosphoric acid groups is 1. The van der Waals surface area contributed by atoms with Crippen LogP contribution in [0.15, 0.2) is 146 Å². The zero-order valence-corrected chi connectivity index (χ0v) is 50.5. The van der Waals surface area contributed by atoms with E-state index in [2.05, 4.69) is 99.0 Å². The molecule has 0 spiro atoms. The van der Waals surface area contributed by atoms with Crippen LogP contribution < -0.4 is 5.32 Å². The van der Waals surface area contributed by atoms with E-state index in [1.165, 1.54) is 57.8 Å². The number of carbonyl (C=O) groups is 2. The Labute approximate surface area is 472 Å². The van der Waals surface area contributed by atoms with E-state index in [4.69, 9.17) is 13.8 Å². The van der Waals surface area contributed by atoms with Crippen molar-refractivity contribution in [2.75, 3.05) is 40.9 Å². The van der Waals surface area contributed by atoms with Gasteiger partial charge in [-0.25, -0.2) is 4.57 Å². The molecule has 0 aromatic carbocycles. The summed E-state index contributed by atoms with van der Waals surface area (Å²) in [6.07, 6.45) is 79.8. The summed E-state index contributed by atoms with van der Waals surface area (Å²) in [6, 6.07) is -0.892. The Morgan fingerprint density at radius 1 is 0.481 bits per heavy atom. The highest BCUT2D eigenvalue weighted by atomic mass is 31.2. The van der Waals surface area contributed by atoms with Gasteiger partial charge in [-0.1, -0.05) is 250 Å². The molecule has 3 unspecified atom stereocenters. The third-order valence-corrected chi connectivity index (χ3v) is 13.4. The average molecular weight is 1090 g/mol. The summed E-state index contributed by atoms with van der Waals surface area (Å²) in [6.45, 7) is 6.68. The predicted octanol–water partition coefficient (Wildman–Crippen LogP) is 18.7. The van der Waals surface area contributed by atoms with Gasteiger partial charge >= 0.3 is 13.8 Å². The van der Waals surface area contributed by atoms with Crippen LogP contribution in [0.25, 0.3) is 0 Å². The van der Waals surface area contributed by atoms with Crippen LogP contribution in [0.4, 0.5) is 0 Å². The first kappa shape index (κ1) is 72.9. The molecule has 9 nitrogen and oxygen atoms in total. The first-order valence-electron chi connectivity index (χ1n) is 30.2. The minimum Gasteiger partial charge on any atom is -0.456 e. The predicted molar refractivity (Wildman–Crippen MR) is 332 cm³/mol. The van der Waals surface area contributed by atoms with Crippen molar-refractivity contribution < 1.29 is 37.3 Å². The number of carbonyl (C=O) groups excluding carboxylic acids is 2. The van der Waals surface area contributed by atoms with E-state index in [9.17, 15) is 19.0 Å². The maximum Gasteiger partial charge on any atom is 0.472 e. The molecule has 10 heteroatoms. The molecular weight excluding hydrogens is 976 g/mol. The normalized spacial score (nSPS) is 14.7. The van der Waals surface area contributed by atoms with Crippen molar-refractivity contribution in [2.24, 2.45) is 0 Å². The van der Waals surface area contributed by atoms with E-state index < -0.39 is 20.0 Å². The highest BCUT2D eigenvalue weighted by Gasteiger charge is 2.30. The Morgan fingerprint density at radius 2 is 0.896 bits per heavy atom. The van der Waals surface area contributed by atoms with Crippen LogP contribution in [0.5, 0.6) is 0 Å². The molecule has 0 bridgehead atoms. The van der Waals surface area contributed by atoms with Crippen molar-refractivity contribution in [1.29, 1.82) is 0 Å². The lowest BCUT2D eigenvalue weighted by molar-refractivity contribution is -0.870. The second-order valence-corrected chi connectivity index (χ2v) is 22.4. The Bertz CT molecular complexity index is 1830. The van der Waals surface area contributed by atoms with Crippen LogP contribution in [0.3, 0.4) is 0 Å². The maximum absolute atomic E-state index is 13.5. The largest absolute Gasteiger partial charge is 0.472 e. The molecule has 0 aliphatic carbocycles. The summed E-state index contributed by atoms with van der Waals surface area (Å²) in [5, 5.41) is 3.02. The van der Waals surface area contributed by atoms with Crippen LogP contribution in [-0.4, -0.2) is 74.3 Å². The van der Waals surface area contributed by atoms with Crippen LogP contribution >= 0.6 is 7.82 Å². The number of ether oxygens (including phenoxy) is 1. The third-order valence-electron chi connectivity index (χ3n) is 12.4. The molecule has 436 valence electrons. The smallest absolute Gasteiger partial charge is 0.456 e. The average Bonchev–Trinajstić information content (AvgIpc) is 3.39. The van der Waals surface area contributed by atoms with E-state index in [1.54, 1.807) is 0 Å². The monoisotopic (exact) mass is 1090 g/mol. The van der Waals surface area contributed by atoms with Gasteiger partial charge in [-0.2, -0.15) is 0 Å². The number of esters is 1.